The van der Waals surface area contributed by atoms with Crippen LogP contribution in [0.4, 0.5) is 0 Å². The zero-order valence-corrected chi connectivity index (χ0v) is 17.1. The minimum atomic E-state index is -3.60. The number of nitrogens with zero attached hydrogens (tertiary/aromatic N) is 2. The summed E-state index contributed by atoms with van der Waals surface area (Å²) in [4.78, 5) is 27.6. The molecule has 1 saturated heterocycles. The second-order valence-corrected chi connectivity index (χ2v) is 9.07. The molecule has 0 bridgehead atoms. The molecule has 0 saturated carbocycles. The number of carbonyl (C=O) groups excluding carboxylic acids is 2. The Labute approximate surface area is 171 Å². The fourth-order valence-corrected chi connectivity index (χ4v) is 3.99. The van der Waals surface area contributed by atoms with Crippen molar-refractivity contribution in [3.05, 3.63) is 71.3 Å². The van der Waals surface area contributed by atoms with Gasteiger partial charge in [-0.3, -0.25) is 14.5 Å². The van der Waals surface area contributed by atoms with Crippen LogP contribution in [0.1, 0.15) is 21.5 Å². The Balaban J connectivity index is 1.64. The van der Waals surface area contributed by atoms with Crippen LogP contribution >= 0.6 is 0 Å². The second-order valence-electron chi connectivity index (χ2n) is 7.32. The topological polar surface area (TPSA) is 86.8 Å². The molecule has 0 unspecified atom stereocenters. The summed E-state index contributed by atoms with van der Waals surface area (Å²) in [5, 5.41) is 0. The fraction of sp³-hybridized carbons (Fsp3) is 0.333. The minimum Gasteiger partial charge on any atom is -0.339 e. The van der Waals surface area contributed by atoms with Crippen molar-refractivity contribution in [1.82, 2.24) is 14.5 Å². The molecule has 0 aliphatic carbocycles. The molecule has 1 fully saturated rings. The second kappa shape index (κ2) is 9.19. The molecule has 1 atom stereocenters. The van der Waals surface area contributed by atoms with E-state index in [4.69, 9.17) is 0 Å². The highest BCUT2D eigenvalue weighted by Gasteiger charge is 2.26. The van der Waals surface area contributed by atoms with Gasteiger partial charge in [0.2, 0.25) is 16.4 Å². The Morgan fingerprint density at radius 2 is 1.76 bits per heavy atom. The molecule has 0 aromatic heterocycles. The summed E-state index contributed by atoms with van der Waals surface area (Å²) in [6.45, 7) is 3.11. The van der Waals surface area contributed by atoms with Crippen LogP contribution in [0.25, 0.3) is 0 Å². The molecule has 3 rings (SSSR count). The number of piperazine rings is 1. The number of hydrogen-bond donors (Lipinski definition) is 1. The summed E-state index contributed by atoms with van der Waals surface area (Å²) < 4.78 is 24.4. The minimum absolute atomic E-state index is 0.0423. The molecular formula is C21H25N3O4S. The Hall–Kier alpha value is -2.71. The predicted molar refractivity (Wildman–Crippen MR) is 111 cm³/mol. The summed E-state index contributed by atoms with van der Waals surface area (Å²) in [7, 11) is -3.60. The lowest BCUT2D eigenvalue weighted by atomic mass is 10.0. The quantitative estimate of drug-likeness (QED) is 0.688. The molecule has 7 nitrogen and oxygen atoms in total. The van der Waals surface area contributed by atoms with Gasteiger partial charge in [-0.2, -0.15) is 0 Å². The van der Waals surface area contributed by atoms with E-state index in [2.05, 4.69) is 17.0 Å². The van der Waals surface area contributed by atoms with Crippen molar-refractivity contribution in [1.29, 1.82) is 0 Å². The van der Waals surface area contributed by atoms with Gasteiger partial charge in [0.15, 0.2) is 0 Å². The highest BCUT2D eigenvalue weighted by Crippen LogP contribution is 2.17. The first kappa shape index (κ1) is 21.0. The monoisotopic (exact) mass is 415 g/mol. The zero-order valence-electron chi connectivity index (χ0n) is 16.3. The molecule has 1 heterocycles. The number of benzene rings is 2. The van der Waals surface area contributed by atoms with Gasteiger partial charge in [0.1, 0.15) is 0 Å². The summed E-state index contributed by atoms with van der Waals surface area (Å²) in [5.41, 5.74) is 2.51. The number of carbonyl (C=O) groups is 2. The fourth-order valence-electron chi connectivity index (χ4n) is 3.53. The Kier molecular flexibility index (Phi) is 6.66. The molecule has 2 aromatic carbocycles. The van der Waals surface area contributed by atoms with Gasteiger partial charge in [-0.05, 0) is 29.7 Å². The highest BCUT2D eigenvalue weighted by molar-refractivity contribution is 7.89. The van der Waals surface area contributed by atoms with Gasteiger partial charge in [-0.15, -0.1) is 0 Å². The number of sulfonamides is 1. The van der Waals surface area contributed by atoms with E-state index in [0.717, 1.165) is 37.9 Å². The molecule has 1 N–H and O–H groups in total. The van der Waals surface area contributed by atoms with Gasteiger partial charge >= 0.3 is 0 Å². The lowest BCUT2D eigenvalue weighted by Gasteiger charge is -2.39. The van der Waals surface area contributed by atoms with Crippen molar-refractivity contribution in [2.24, 2.45) is 0 Å². The summed E-state index contributed by atoms with van der Waals surface area (Å²) in [5.74, 6) is -0.653. The maximum absolute atomic E-state index is 11.9. The summed E-state index contributed by atoms with van der Waals surface area (Å²) in [6, 6.07) is 17.1. The van der Waals surface area contributed by atoms with Crippen molar-refractivity contribution in [3.8, 4) is 0 Å². The average Bonchev–Trinajstić information content (AvgIpc) is 2.68. The molecule has 2 amide bonds. The molecule has 1 aliphatic rings. The molecular weight excluding hydrogens is 390 g/mol. The number of amides is 2. The first-order valence-corrected chi connectivity index (χ1v) is 11.3. The lowest BCUT2D eigenvalue weighted by Crippen LogP contribution is -2.53. The van der Waals surface area contributed by atoms with E-state index >= 15 is 0 Å². The van der Waals surface area contributed by atoms with E-state index in [-0.39, 0.29) is 11.6 Å². The largest absolute Gasteiger partial charge is 0.339 e. The maximum Gasteiger partial charge on any atom is 0.264 e. The average molecular weight is 416 g/mol. The summed E-state index contributed by atoms with van der Waals surface area (Å²) >= 11 is 0. The lowest BCUT2D eigenvalue weighted by molar-refractivity contribution is -0.122. The van der Waals surface area contributed by atoms with Crippen LogP contribution in [0.2, 0.25) is 0 Å². The standard InChI is InChI=1S/C21H25N3O4S/c1-29(27,28)22-21(26)19-9-7-17(8-10-19)13-20-15-23(11-12-24(20)16-25)14-18-5-3-2-4-6-18/h2-10,16,20H,11-15H2,1H3,(H,22,26)/t20-/m1/s1. The van der Waals surface area contributed by atoms with Crippen LogP contribution in [0.5, 0.6) is 0 Å². The van der Waals surface area contributed by atoms with Gasteiger partial charge < -0.3 is 4.90 Å². The molecule has 154 valence electrons. The van der Waals surface area contributed by atoms with Crippen LogP contribution in [0.3, 0.4) is 0 Å². The molecule has 0 spiro atoms. The van der Waals surface area contributed by atoms with Gasteiger partial charge in [-0.1, -0.05) is 42.5 Å². The van der Waals surface area contributed by atoms with Gasteiger partial charge in [0.25, 0.3) is 5.91 Å². The Bertz CT molecular complexity index is 946. The Morgan fingerprint density at radius 3 is 2.38 bits per heavy atom. The van der Waals surface area contributed by atoms with Crippen LogP contribution in [0, 0.1) is 0 Å². The van der Waals surface area contributed by atoms with Crippen molar-refractivity contribution < 1.29 is 18.0 Å². The van der Waals surface area contributed by atoms with E-state index in [0.29, 0.717) is 13.0 Å². The Morgan fingerprint density at radius 1 is 1.07 bits per heavy atom. The van der Waals surface area contributed by atoms with Crippen LogP contribution < -0.4 is 4.72 Å². The smallest absolute Gasteiger partial charge is 0.264 e. The number of hydrogen-bond acceptors (Lipinski definition) is 5. The van der Waals surface area contributed by atoms with Crippen LogP contribution in [-0.4, -0.2) is 62.5 Å². The van der Waals surface area contributed by atoms with E-state index in [9.17, 15) is 18.0 Å². The van der Waals surface area contributed by atoms with Crippen LogP contribution in [-0.2, 0) is 27.8 Å². The summed E-state index contributed by atoms with van der Waals surface area (Å²) in [6.07, 6.45) is 2.51. The third-order valence-electron chi connectivity index (χ3n) is 4.96. The predicted octanol–water partition coefficient (Wildman–Crippen LogP) is 1.26. The van der Waals surface area contributed by atoms with Gasteiger partial charge in [0.05, 0.1) is 6.26 Å². The molecule has 29 heavy (non-hydrogen) atoms. The van der Waals surface area contributed by atoms with Crippen molar-refractivity contribution in [2.75, 3.05) is 25.9 Å². The van der Waals surface area contributed by atoms with Crippen LogP contribution in [0.15, 0.2) is 54.6 Å². The first-order chi connectivity index (χ1) is 13.8. The molecule has 8 heteroatoms. The molecule has 2 aromatic rings. The third-order valence-corrected chi connectivity index (χ3v) is 5.52. The maximum atomic E-state index is 11.9. The van der Waals surface area contributed by atoms with Crippen molar-refractivity contribution in [3.63, 3.8) is 0 Å². The van der Waals surface area contributed by atoms with Crippen molar-refractivity contribution >= 4 is 22.3 Å². The first-order valence-electron chi connectivity index (χ1n) is 9.42. The molecule has 1 aliphatic heterocycles. The van der Waals surface area contributed by atoms with Crippen molar-refractivity contribution in [2.45, 2.75) is 19.0 Å². The van der Waals surface area contributed by atoms with E-state index in [1.165, 1.54) is 5.56 Å². The number of rotatable bonds is 7. The van der Waals surface area contributed by atoms with E-state index in [1.54, 1.807) is 24.3 Å². The third kappa shape index (κ3) is 6.13. The van der Waals surface area contributed by atoms with E-state index < -0.39 is 15.9 Å². The number of nitrogens with one attached hydrogen (secondary N) is 1. The van der Waals surface area contributed by atoms with Gasteiger partial charge in [0, 0.05) is 37.8 Å². The molecule has 0 radical (unpaired) electrons. The SMILES string of the molecule is CS(=O)(=O)NC(=O)c1ccc(C[C@@H]2CN(Cc3ccccc3)CCN2C=O)cc1. The van der Waals surface area contributed by atoms with E-state index in [1.807, 2.05) is 27.8 Å². The highest BCUT2D eigenvalue weighted by atomic mass is 32.2. The normalized spacial score (nSPS) is 17.7. The van der Waals surface area contributed by atoms with Gasteiger partial charge in [-0.25, -0.2) is 13.1 Å². The zero-order chi connectivity index (χ0) is 20.9.